The van der Waals surface area contributed by atoms with Crippen molar-refractivity contribution in [2.45, 2.75) is 0 Å². The van der Waals surface area contributed by atoms with Crippen molar-refractivity contribution in [3.63, 3.8) is 0 Å². The summed E-state index contributed by atoms with van der Waals surface area (Å²) in [5.41, 5.74) is 1.02. The first kappa shape index (κ1) is 15.4. The maximum Gasteiger partial charge on any atom is 0.231 e. The third-order valence-electron chi connectivity index (χ3n) is 3.21. The monoisotopic (exact) mass is 345 g/mol. The smallest absolute Gasteiger partial charge is 0.231 e. The SMILES string of the molecule is N#CCOc1ccc2c(c1)OC(=Cc1cccc(Cl)c1Cl)C2=O. The summed E-state index contributed by atoms with van der Waals surface area (Å²) in [6.45, 7) is -0.0758. The van der Waals surface area contributed by atoms with Crippen LogP contribution in [0.3, 0.4) is 0 Å². The third-order valence-corrected chi connectivity index (χ3v) is 4.05. The molecule has 0 bridgehead atoms. The Morgan fingerprint density at radius 2 is 2.09 bits per heavy atom. The third kappa shape index (κ3) is 3.02. The number of carbonyl (C=O) groups is 1. The van der Waals surface area contributed by atoms with Gasteiger partial charge in [-0.05, 0) is 29.8 Å². The van der Waals surface area contributed by atoms with Crippen molar-refractivity contribution < 1.29 is 14.3 Å². The van der Waals surface area contributed by atoms with Gasteiger partial charge in [0.1, 0.15) is 17.6 Å². The molecular weight excluding hydrogens is 337 g/mol. The van der Waals surface area contributed by atoms with Gasteiger partial charge in [-0.3, -0.25) is 4.79 Å². The lowest BCUT2D eigenvalue weighted by Gasteiger charge is -2.03. The number of allylic oxidation sites excluding steroid dienone is 1. The minimum absolute atomic E-state index is 0.0758. The molecule has 2 aromatic rings. The number of halogens is 2. The van der Waals surface area contributed by atoms with Gasteiger partial charge >= 0.3 is 0 Å². The summed E-state index contributed by atoms with van der Waals surface area (Å²) >= 11 is 12.1. The summed E-state index contributed by atoms with van der Waals surface area (Å²) in [6, 6.07) is 11.8. The van der Waals surface area contributed by atoms with Gasteiger partial charge in [0.2, 0.25) is 5.78 Å². The number of nitriles is 1. The molecule has 3 rings (SSSR count). The normalized spacial score (nSPS) is 14.3. The number of Topliss-reactive ketones (excluding diaryl/α,β-unsaturated/α-hetero) is 1. The maximum absolute atomic E-state index is 12.4. The van der Waals surface area contributed by atoms with E-state index in [4.69, 9.17) is 37.9 Å². The molecule has 0 amide bonds. The summed E-state index contributed by atoms with van der Waals surface area (Å²) in [4.78, 5) is 12.4. The molecule has 6 heteroatoms. The Labute approximate surface area is 142 Å². The van der Waals surface area contributed by atoms with Crippen molar-refractivity contribution in [1.82, 2.24) is 0 Å². The lowest BCUT2D eigenvalue weighted by molar-refractivity contribution is 0.101. The van der Waals surface area contributed by atoms with Crippen LogP contribution in [0, 0.1) is 11.3 Å². The molecule has 1 aliphatic rings. The number of nitrogens with zero attached hydrogens (tertiary/aromatic N) is 1. The summed E-state index contributed by atoms with van der Waals surface area (Å²) in [7, 11) is 0. The van der Waals surface area contributed by atoms with Crippen molar-refractivity contribution in [1.29, 1.82) is 5.26 Å². The van der Waals surface area contributed by atoms with E-state index < -0.39 is 0 Å². The summed E-state index contributed by atoms with van der Waals surface area (Å²) < 4.78 is 10.8. The largest absolute Gasteiger partial charge is 0.479 e. The van der Waals surface area contributed by atoms with Crippen molar-refractivity contribution in [3.05, 3.63) is 63.3 Å². The minimum Gasteiger partial charge on any atom is -0.479 e. The van der Waals surface area contributed by atoms with E-state index in [1.165, 1.54) is 0 Å². The number of ether oxygens (including phenoxy) is 2. The fourth-order valence-electron chi connectivity index (χ4n) is 2.15. The Morgan fingerprint density at radius 3 is 2.87 bits per heavy atom. The lowest BCUT2D eigenvalue weighted by atomic mass is 10.1. The summed E-state index contributed by atoms with van der Waals surface area (Å²) in [6.07, 6.45) is 1.55. The Balaban J connectivity index is 1.92. The van der Waals surface area contributed by atoms with Crippen LogP contribution in [0.5, 0.6) is 11.5 Å². The van der Waals surface area contributed by atoms with E-state index in [0.717, 1.165) is 0 Å². The van der Waals surface area contributed by atoms with Crippen LogP contribution in [-0.2, 0) is 0 Å². The number of benzene rings is 2. The highest BCUT2D eigenvalue weighted by atomic mass is 35.5. The highest BCUT2D eigenvalue weighted by molar-refractivity contribution is 6.43. The highest BCUT2D eigenvalue weighted by Gasteiger charge is 2.28. The van der Waals surface area contributed by atoms with E-state index in [1.807, 2.05) is 6.07 Å². The van der Waals surface area contributed by atoms with Crippen LogP contribution in [0.4, 0.5) is 0 Å². The second kappa shape index (κ2) is 6.33. The topological polar surface area (TPSA) is 59.3 Å². The average Bonchev–Trinajstić information content (AvgIpc) is 2.85. The van der Waals surface area contributed by atoms with Gasteiger partial charge in [0.05, 0.1) is 15.6 Å². The Morgan fingerprint density at radius 1 is 1.26 bits per heavy atom. The van der Waals surface area contributed by atoms with Crippen LogP contribution in [0.2, 0.25) is 10.0 Å². The number of fused-ring (bicyclic) bond motifs is 1. The molecule has 0 atom stereocenters. The van der Waals surface area contributed by atoms with Crippen LogP contribution in [0.1, 0.15) is 15.9 Å². The molecule has 0 unspecified atom stereocenters. The zero-order valence-electron chi connectivity index (χ0n) is 11.7. The van der Waals surface area contributed by atoms with E-state index in [-0.39, 0.29) is 18.1 Å². The van der Waals surface area contributed by atoms with E-state index in [0.29, 0.717) is 32.7 Å². The molecule has 0 saturated carbocycles. The van der Waals surface area contributed by atoms with E-state index >= 15 is 0 Å². The van der Waals surface area contributed by atoms with Gasteiger partial charge in [0, 0.05) is 6.07 Å². The number of carbonyl (C=O) groups excluding carboxylic acids is 1. The van der Waals surface area contributed by atoms with Gasteiger partial charge in [0.15, 0.2) is 12.4 Å². The van der Waals surface area contributed by atoms with Crippen molar-refractivity contribution in [2.75, 3.05) is 6.61 Å². The average molecular weight is 346 g/mol. The first-order chi connectivity index (χ1) is 11.1. The van der Waals surface area contributed by atoms with Gasteiger partial charge in [0.25, 0.3) is 0 Å². The van der Waals surface area contributed by atoms with Crippen LogP contribution in [0.25, 0.3) is 6.08 Å². The van der Waals surface area contributed by atoms with Crippen LogP contribution in [0.15, 0.2) is 42.2 Å². The van der Waals surface area contributed by atoms with Crippen LogP contribution < -0.4 is 9.47 Å². The molecule has 0 saturated heterocycles. The molecule has 2 aromatic carbocycles. The molecular formula is C17H9Cl2NO3. The molecule has 0 aliphatic carbocycles. The standard InChI is InChI=1S/C17H9Cl2NO3/c18-13-3-1-2-10(16(13)19)8-15-17(21)12-5-4-11(22-7-6-20)9-14(12)23-15/h1-5,8-9H,7H2. The second-order valence-corrected chi connectivity index (χ2v) is 5.47. The molecule has 23 heavy (non-hydrogen) atoms. The molecule has 1 heterocycles. The molecule has 0 N–H and O–H groups in total. The van der Waals surface area contributed by atoms with Crippen LogP contribution in [-0.4, -0.2) is 12.4 Å². The summed E-state index contributed by atoms with van der Waals surface area (Å²) in [5.74, 6) is 0.749. The molecule has 0 spiro atoms. The zero-order valence-corrected chi connectivity index (χ0v) is 13.2. The zero-order chi connectivity index (χ0) is 16.4. The summed E-state index contributed by atoms with van der Waals surface area (Å²) in [5, 5.41) is 9.28. The van der Waals surface area contributed by atoms with E-state index in [2.05, 4.69) is 0 Å². The first-order valence-corrected chi connectivity index (χ1v) is 7.38. The molecule has 0 aromatic heterocycles. The Hall–Kier alpha value is -2.48. The van der Waals surface area contributed by atoms with Crippen molar-refractivity contribution in [2.24, 2.45) is 0 Å². The van der Waals surface area contributed by atoms with Crippen molar-refractivity contribution in [3.8, 4) is 17.6 Å². The van der Waals surface area contributed by atoms with E-state index in [1.54, 1.807) is 42.5 Å². The van der Waals surface area contributed by atoms with Gasteiger partial charge in [-0.2, -0.15) is 5.26 Å². The number of rotatable bonds is 3. The number of hydrogen-bond acceptors (Lipinski definition) is 4. The molecule has 0 radical (unpaired) electrons. The second-order valence-electron chi connectivity index (χ2n) is 4.69. The predicted octanol–water partition coefficient (Wildman–Crippen LogP) is 4.51. The first-order valence-electron chi connectivity index (χ1n) is 6.62. The molecule has 114 valence electrons. The molecule has 1 aliphatic heterocycles. The van der Waals surface area contributed by atoms with Gasteiger partial charge in [-0.25, -0.2) is 0 Å². The van der Waals surface area contributed by atoms with Crippen molar-refractivity contribution >= 4 is 35.1 Å². The fourth-order valence-corrected chi connectivity index (χ4v) is 2.51. The van der Waals surface area contributed by atoms with Crippen LogP contribution >= 0.6 is 23.2 Å². The maximum atomic E-state index is 12.4. The predicted molar refractivity (Wildman–Crippen MR) is 86.9 cm³/mol. The van der Waals surface area contributed by atoms with E-state index in [9.17, 15) is 4.79 Å². The fraction of sp³-hybridized carbons (Fsp3) is 0.0588. The minimum atomic E-state index is -0.247. The molecule has 4 nitrogen and oxygen atoms in total. The lowest BCUT2D eigenvalue weighted by Crippen LogP contribution is -1.98. The van der Waals surface area contributed by atoms with Gasteiger partial charge in [-0.15, -0.1) is 0 Å². The number of hydrogen-bond donors (Lipinski definition) is 0. The Kier molecular flexibility index (Phi) is 4.24. The highest BCUT2D eigenvalue weighted by Crippen LogP contribution is 2.36. The quantitative estimate of drug-likeness (QED) is 0.767. The Bertz CT molecular complexity index is 869. The number of ketones is 1. The van der Waals surface area contributed by atoms with Gasteiger partial charge < -0.3 is 9.47 Å². The molecule has 0 fully saturated rings. The van der Waals surface area contributed by atoms with Gasteiger partial charge in [-0.1, -0.05) is 35.3 Å².